The van der Waals surface area contributed by atoms with Gasteiger partial charge in [0, 0.05) is 25.2 Å². The molecule has 1 aromatic carbocycles. The molecule has 0 spiro atoms. The normalized spacial score (nSPS) is 11.9. The molecule has 0 aliphatic rings. The largest absolute Gasteiger partial charge is 0.492 e. The predicted octanol–water partition coefficient (Wildman–Crippen LogP) is 1.09. The summed E-state index contributed by atoms with van der Waals surface area (Å²) < 4.78 is 5.61. The van der Waals surface area contributed by atoms with Gasteiger partial charge in [0.2, 0.25) is 0 Å². The van der Waals surface area contributed by atoms with Crippen molar-refractivity contribution >= 4 is 5.84 Å². The van der Waals surface area contributed by atoms with E-state index < -0.39 is 0 Å². The average molecular weight is 294 g/mol. The topological polar surface area (TPSA) is 83.1 Å². The van der Waals surface area contributed by atoms with Gasteiger partial charge in [-0.05, 0) is 37.4 Å². The van der Waals surface area contributed by atoms with Crippen molar-refractivity contribution in [3.63, 3.8) is 0 Å². The molecule has 0 radical (unpaired) electrons. The van der Waals surface area contributed by atoms with Gasteiger partial charge in [0.05, 0.1) is 0 Å². The molecule has 0 aliphatic carbocycles. The first-order valence-electron chi connectivity index (χ1n) is 7.35. The molecule has 0 aromatic heterocycles. The fourth-order valence-corrected chi connectivity index (χ4v) is 1.92. The van der Waals surface area contributed by atoms with Crippen LogP contribution in [0.1, 0.15) is 19.4 Å². The van der Waals surface area contributed by atoms with Gasteiger partial charge in [-0.15, -0.1) is 0 Å². The van der Waals surface area contributed by atoms with Crippen molar-refractivity contribution in [3.8, 4) is 5.75 Å². The van der Waals surface area contributed by atoms with Crippen molar-refractivity contribution in [2.24, 2.45) is 10.9 Å². The zero-order valence-electron chi connectivity index (χ0n) is 12.9. The summed E-state index contributed by atoms with van der Waals surface area (Å²) in [5.74, 6) is 0.870. The number of nitrogens with zero attached hydrogens (tertiary/aromatic N) is 2. The van der Waals surface area contributed by atoms with Crippen LogP contribution in [0.5, 0.6) is 5.75 Å². The first kappa shape index (κ1) is 17.3. The highest BCUT2D eigenvalue weighted by Crippen LogP contribution is 2.11. The maximum atomic E-state index is 8.58. The van der Waals surface area contributed by atoms with Gasteiger partial charge in [-0.1, -0.05) is 19.0 Å². The lowest BCUT2D eigenvalue weighted by atomic mass is 10.2. The molecule has 1 aromatic rings. The van der Waals surface area contributed by atoms with Gasteiger partial charge in [-0.2, -0.15) is 0 Å². The standard InChI is InChI=1S/C15H26N4O2/c1-3-19(4-2)11-9-17-10-12-21-14-7-5-13(6-8-14)15(16)18-20/h5-8,17,20H,3-4,9-12H2,1-2H3,(H2,16,18). The van der Waals surface area contributed by atoms with Crippen molar-refractivity contribution < 1.29 is 9.94 Å². The molecule has 0 bridgehead atoms. The minimum Gasteiger partial charge on any atom is -0.492 e. The Bertz CT molecular complexity index is 416. The summed E-state index contributed by atoms with van der Waals surface area (Å²) in [5, 5.41) is 14.9. The third-order valence-corrected chi connectivity index (χ3v) is 3.30. The van der Waals surface area contributed by atoms with E-state index in [2.05, 4.69) is 29.2 Å². The number of hydrogen-bond acceptors (Lipinski definition) is 5. The van der Waals surface area contributed by atoms with Gasteiger partial charge in [0.1, 0.15) is 12.4 Å². The monoisotopic (exact) mass is 294 g/mol. The molecule has 6 nitrogen and oxygen atoms in total. The molecule has 0 fully saturated rings. The Labute approximate surface area is 126 Å². The van der Waals surface area contributed by atoms with Crippen LogP contribution in [0.25, 0.3) is 0 Å². The number of hydrogen-bond donors (Lipinski definition) is 3. The molecule has 0 aliphatic heterocycles. The Balaban J connectivity index is 2.18. The molecule has 0 atom stereocenters. The highest BCUT2D eigenvalue weighted by atomic mass is 16.5. The lowest BCUT2D eigenvalue weighted by Crippen LogP contribution is -2.33. The molecular formula is C15H26N4O2. The van der Waals surface area contributed by atoms with Crippen LogP contribution >= 0.6 is 0 Å². The Kier molecular flexibility index (Phi) is 8.23. The molecular weight excluding hydrogens is 268 g/mol. The summed E-state index contributed by atoms with van der Waals surface area (Å²) in [6.07, 6.45) is 0. The summed E-state index contributed by atoms with van der Waals surface area (Å²) in [4.78, 5) is 2.37. The zero-order chi connectivity index (χ0) is 15.5. The molecule has 0 saturated heterocycles. The molecule has 0 heterocycles. The van der Waals surface area contributed by atoms with E-state index in [-0.39, 0.29) is 5.84 Å². The number of amidine groups is 1. The second kappa shape index (κ2) is 10.0. The lowest BCUT2D eigenvalue weighted by Gasteiger charge is -2.18. The van der Waals surface area contributed by atoms with E-state index in [0.29, 0.717) is 12.2 Å². The van der Waals surface area contributed by atoms with Gasteiger partial charge in [-0.3, -0.25) is 0 Å². The highest BCUT2D eigenvalue weighted by Gasteiger charge is 2.00. The molecule has 4 N–H and O–H groups in total. The van der Waals surface area contributed by atoms with Gasteiger partial charge >= 0.3 is 0 Å². The van der Waals surface area contributed by atoms with E-state index in [1.807, 2.05) is 12.1 Å². The highest BCUT2D eigenvalue weighted by molar-refractivity contribution is 5.97. The van der Waals surface area contributed by atoms with Crippen LogP contribution in [0.2, 0.25) is 0 Å². The molecule has 118 valence electrons. The van der Waals surface area contributed by atoms with E-state index in [9.17, 15) is 0 Å². The van der Waals surface area contributed by atoms with Gasteiger partial charge < -0.3 is 25.9 Å². The first-order chi connectivity index (χ1) is 10.2. The average Bonchev–Trinajstić information content (AvgIpc) is 2.54. The number of likely N-dealkylation sites (N-methyl/N-ethyl adjacent to an activating group) is 1. The molecule has 1 rings (SSSR count). The number of ether oxygens (including phenoxy) is 1. The van der Waals surface area contributed by atoms with E-state index in [1.54, 1.807) is 12.1 Å². The summed E-state index contributed by atoms with van der Waals surface area (Å²) in [7, 11) is 0. The van der Waals surface area contributed by atoms with Crippen LogP contribution in [0.3, 0.4) is 0 Å². The van der Waals surface area contributed by atoms with Crippen LogP contribution < -0.4 is 15.8 Å². The van der Waals surface area contributed by atoms with Crippen molar-refractivity contribution in [1.82, 2.24) is 10.2 Å². The number of rotatable bonds is 10. The smallest absolute Gasteiger partial charge is 0.170 e. The molecule has 0 saturated carbocycles. The van der Waals surface area contributed by atoms with Crippen LogP contribution in [-0.4, -0.2) is 55.3 Å². The van der Waals surface area contributed by atoms with Crippen molar-refractivity contribution in [3.05, 3.63) is 29.8 Å². The first-order valence-corrected chi connectivity index (χ1v) is 7.35. The lowest BCUT2D eigenvalue weighted by molar-refractivity contribution is 0.285. The number of nitrogens with two attached hydrogens (primary N) is 1. The van der Waals surface area contributed by atoms with Crippen LogP contribution in [-0.2, 0) is 0 Å². The maximum Gasteiger partial charge on any atom is 0.170 e. The van der Waals surface area contributed by atoms with Crippen molar-refractivity contribution in [1.29, 1.82) is 0 Å². The summed E-state index contributed by atoms with van der Waals surface area (Å²) in [6, 6.07) is 7.14. The fraction of sp³-hybridized carbons (Fsp3) is 0.533. The maximum absolute atomic E-state index is 8.58. The molecule has 0 unspecified atom stereocenters. The van der Waals surface area contributed by atoms with Gasteiger partial charge in [0.25, 0.3) is 0 Å². The zero-order valence-corrected chi connectivity index (χ0v) is 12.9. The fourth-order valence-electron chi connectivity index (χ4n) is 1.92. The van der Waals surface area contributed by atoms with E-state index in [4.69, 9.17) is 15.7 Å². The summed E-state index contributed by atoms with van der Waals surface area (Å²) in [6.45, 7) is 9.96. The third kappa shape index (κ3) is 6.46. The predicted molar refractivity (Wildman–Crippen MR) is 85.1 cm³/mol. The number of oxime groups is 1. The minimum absolute atomic E-state index is 0.0969. The summed E-state index contributed by atoms with van der Waals surface area (Å²) in [5.41, 5.74) is 6.16. The van der Waals surface area contributed by atoms with Crippen LogP contribution in [0.4, 0.5) is 0 Å². The Hall–Kier alpha value is -1.79. The van der Waals surface area contributed by atoms with Crippen LogP contribution in [0, 0.1) is 0 Å². The molecule has 6 heteroatoms. The van der Waals surface area contributed by atoms with E-state index >= 15 is 0 Å². The Morgan fingerprint density at radius 2 is 1.90 bits per heavy atom. The van der Waals surface area contributed by atoms with Gasteiger partial charge in [-0.25, -0.2) is 0 Å². The Morgan fingerprint density at radius 3 is 2.48 bits per heavy atom. The third-order valence-electron chi connectivity index (χ3n) is 3.30. The van der Waals surface area contributed by atoms with Crippen LogP contribution in [0.15, 0.2) is 29.4 Å². The van der Waals surface area contributed by atoms with Crippen molar-refractivity contribution in [2.45, 2.75) is 13.8 Å². The second-order valence-corrected chi connectivity index (χ2v) is 4.63. The molecule has 0 amide bonds. The number of benzene rings is 1. The minimum atomic E-state index is 0.0969. The SMILES string of the molecule is CCN(CC)CCNCCOc1ccc(C(N)=NO)cc1. The Morgan fingerprint density at radius 1 is 1.24 bits per heavy atom. The second-order valence-electron chi connectivity index (χ2n) is 4.63. The van der Waals surface area contributed by atoms with Crippen molar-refractivity contribution in [2.75, 3.05) is 39.3 Å². The number of nitrogens with one attached hydrogen (secondary N) is 1. The van der Waals surface area contributed by atoms with E-state index in [0.717, 1.165) is 38.5 Å². The quantitative estimate of drug-likeness (QED) is 0.198. The van der Waals surface area contributed by atoms with E-state index in [1.165, 1.54) is 0 Å². The molecule has 21 heavy (non-hydrogen) atoms. The summed E-state index contributed by atoms with van der Waals surface area (Å²) >= 11 is 0. The van der Waals surface area contributed by atoms with Gasteiger partial charge in [0.15, 0.2) is 5.84 Å².